The summed E-state index contributed by atoms with van der Waals surface area (Å²) in [6, 6.07) is 9.64. The highest BCUT2D eigenvalue weighted by Gasteiger charge is 2.22. The molecule has 1 saturated heterocycles. The highest BCUT2D eigenvalue weighted by atomic mass is 32.1. The van der Waals surface area contributed by atoms with Gasteiger partial charge in [0.1, 0.15) is 0 Å². The second-order valence-corrected chi connectivity index (χ2v) is 7.48. The van der Waals surface area contributed by atoms with Crippen LogP contribution in [0.5, 0.6) is 11.5 Å². The largest absolute Gasteiger partial charge is 0.454 e. The van der Waals surface area contributed by atoms with E-state index in [1.807, 2.05) is 6.07 Å². The van der Waals surface area contributed by atoms with Gasteiger partial charge in [0.25, 0.3) is 0 Å². The zero-order valence-corrected chi connectivity index (χ0v) is 14.8. The molecule has 0 saturated carbocycles. The van der Waals surface area contributed by atoms with E-state index < -0.39 is 0 Å². The van der Waals surface area contributed by atoms with E-state index in [0.29, 0.717) is 18.9 Å². The molecule has 4 nitrogen and oxygen atoms in total. The fraction of sp³-hybridized carbons (Fsp3) is 0.474. The fourth-order valence-electron chi connectivity index (χ4n) is 3.61. The van der Waals surface area contributed by atoms with Crippen LogP contribution < -0.4 is 19.7 Å². The minimum Gasteiger partial charge on any atom is -0.454 e. The number of rotatable bonds is 5. The van der Waals surface area contributed by atoms with Gasteiger partial charge in [-0.1, -0.05) is 0 Å². The topological polar surface area (TPSA) is 33.7 Å². The zero-order chi connectivity index (χ0) is 16.4. The first-order valence-electron chi connectivity index (χ1n) is 8.69. The van der Waals surface area contributed by atoms with Crippen LogP contribution in [0.25, 0.3) is 0 Å². The van der Waals surface area contributed by atoms with Crippen LogP contribution in [0.2, 0.25) is 0 Å². The summed E-state index contributed by atoms with van der Waals surface area (Å²) < 4.78 is 10.9. The number of benzene rings is 1. The molecule has 1 fully saturated rings. The van der Waals surface area contributed by atoms with Crippen molar-refractivity contribution in [2.24, 2.45) is 0 Å². The molecule has 0 aliphatic carbocycles. The third-order valence-corrected chi connectivity index (χ3v) is 5.59. The van der Waals surface area contributed by atoms with E-state index in [9.17, 15) is 0 Å². The molecule has 24 heavy (non-hydrogen) atoms. The number of hydrogen-bond donors (Lipinski definition) is 1. The predicted octanol–water partition coefficient (Wildman–Crippen LogP) is 3.67. The van der Waals surface area contributed by atoms with E-state index in [4.69, 9.17) is 9.47 Å². The zero-order valence-electron chi connectivity index (χ0n) is 14.0. The normalized spacial score (nSPS) is 18.8. The maximum atomic E-state index is 5.49. The average molecular weight is 344 g/mol. The van der Waals surface area contributed by atoms with Gasteiger partial charge in [-0.05, 0) is 60.7 Å². The summed E-state index contributed by atoms with van der Waals surface area (Å²) in [7, 11) is 0. The van der Waals surface area contributed by atoms with E-state index in [-0.39, 0.29) is 0 Å². The molecule has 1 atom stereocenters. The number of nitrogens with one attached hydrogen (secondary N) is 1. The quantitative estimate of drug-likeness (QED) is 0.897. The number of anilines is 1. The molecule has 2 aliphatic heterocycles. The summed E-state index contributed by atoms with van der Waals surface area (Å²) in [5.74, 6) is 1.73. The third-order valence-electron chi connectivity index (χ3n) is 4.86. The van der Waals surface area contributed by atoms with E-state index >= 15 is 0 Å². The molecule has 1 aromatic heterocycles. The Balaban J connectivity index is 1.29. The molecule has 0 radical (unpaired) electrons. The van der Waals surface area contributed by atoms with Gasteiger partial charge in [0.05, 0.1) is 0 Å². The molecule has 0 bridgehead atoms. The van der Waals surface area contributed by atoms with Gasteiger partial charge in [-0.3, -0.25) is 0 Å². The van der Waals surface area contributed by atoms with Crippen molar-refractivity contribution >= 4 is 17.0 Å². The molecule has 0 spiro atoms. The number of piperidine rings is 1. The molecule has 2 aliphatic rings. The van der Waals surface area contributed by atoms with Gasteiger partial charge in [0.15, 0.2) is 11.5 Å². The Morgan fingerprint density at radius 1 is 1.21 bits per heavy atom. The van der Waals surface area contributed by atoms with E-state index in [1.54, 1.807) is 11.3 Å². The maximum absolute atomic E-state index is 5.49. The first-order chi connectivity index (χ1) is 11.8. The average Bonchev–Trinajstić information content (AvgIpc) is 3.26. The van der Waals surface area contributed by atoms with Gasteiger partial charge in [-0.2, -0.15) is 11.3 Å². The summed E-state index contributed by atoms with van der Waals surface area (Å²) >= 11 is 1.78. The maximum Gasteiger partial charge on any atom is 0.231 e. The monoisotopic (exact) mass is 344 g/mol. The second kappa shape index (κ2) is 7.03. The Bertz CT molecular complexity index is 666. The number of fused-ring (bicyclic) bond motifs is 1. The van der Waals surface area contributed by atoms with Crippen molar-refractivity contribution in [1.29, 1.82) is 0 Å². The van der Waals surface area contributed by atoms with Crippen LogP contribution in [0.15, 0.2) is 35.0 Å². The molecule has 1 N–H and O–H groups in total. The minimum atomic E-state index is 0.340. The minimum absolute atomic E-state index is 0.340. The highest BCUT2D eigenvalue weighted by Crippen LogP contribution is 2.36. The lowest BCUT2D eigenvalue weighted by Crippen LogP contribution is -2.46. The Morgan fingerprint density at radius 2 is 2.04 bits per heavy atom. The van der Waals surface area contributed by atoms with Crippen LogP contribution in [-0.2, 0) is 6.42 Å². The van der Waals surface area contributed by atoms with Crippen molar-refractivity contribution in [3.63, 3.8) is 0 Å². The van der Waals surface area contributed by atoms with Crippen LogP contribution in [0.3, 0.4) is 0 Å². The van der Waals surface area contributed by atoms with Crippen LogP contribution in [0, 0.1) is 0 Å². The molecular weight excluding hydrogens is 320 g/mol. The molecule has 4 rings (SSSR count). The SMILES string of the molecule is CC(Cc1ccsc1)NC1CCN(c2ccc3c(c2)OCO3)CC1. The number of ether oxygens (including phenoxy) is 2. The molecular formula is C19H24N2O2S. The van der Waals surface area contributed by atoms with Gasteiger partial charge in [-0.25, -0.2) is 0 Å². The summed E-state index contributed by atoms with van der Waals surface area (Å²) in [5.41, 5.74) is 2.68. The van der Waals surface area contributed by atoms with Gasteiger partial charge in [0, 0.05) is 36.9 Å². The Kier molecular flexibility index (Phi) is 4.63. The standard InChI is InChI=1S/C19H24N2O2S/c1-14(10-15-6-9-24-12-15)20-16-4-7-21(8-5-16)17-2-3-18-19(11-17)23-13-22-18/h2-3,6,9,11-12,14,16,20H,4-5,7-8,10,13H2,1H3. The van der Waals surface area contributed by atoms with Gasteiger partial charge in [-0.15, -0.1) is 0 Å². The second-order valence-electron chi connectivity index (χ2n) is 6.70. The molecule has 3 heterocycles. The molecule has 5 heteroatoms. The van der Waals surface area contributed by atoms with Crippen LogP contribution in [0.4, 0.5) is 5.69 Å². The van der Waals surface area contributed by atoms with Gasteiger partial charge in [0.2, 0.25) is 6.79 Å². The van der Waals surface area contributed by atoms with Gasteiger partial charge >= 0.3 is 0 Å². The number of hydrogen-bond acceptors (Lipinski definition) is 5. The third kappa shape index (κ3) is 3.52. The van der Waals surface area contributed by atoms with E-state index in [0.717, 1.165) is 31.0 Å². The molecule has 1 unspecified atom stereocenters. The van der Waals surface area contributed by atoms with Crippen molar-refractivity contribution in [1.82, 2.24) is 5.32 Å². The molecule has 128 valence electrons. The lowest BCUT2D eigenvalue weighted by Gasteiger charge is -2.35. The Hall–Kier alpha value is -1.72. The predicted molar refractivity (Wildman–Crippen MR) is 98.4 cm³/mol. The van der Waals surface area contributed by atoms with Crippen molar-refractivity contribution in [2.75, 3.05) is 24.8 Å². The number of nitrogens with zero attached hydrogens (tertiary/aromatic N) is 1. The van der Waals surface area contributed by atoms with Crippen molar-refractivity contribution in [2.45, 2.75) is 38.3 Å². The first-order valence-corrected chi connectivity index (χ1v) is 9.64. The summed E-state index contributed by atoms with van der Waals surface area (Å²) in [5, 5.41) is 8.21. The first kappa shape index (κ1) is 15.8. The van der Waals surface area contributed by atoms with Crippen LogP contribution in [-0.4, -0.2) is 32.0 Å². The van der Waals surface area contributed by atoms with Gasteiger partial charge < -0.3 is 19.7 Å². The lowest BCUT2D eigenvalue weighted by atomic mass is 10.0. The summed E-state index contributed by atoms with van der Waals surface area (Å²) in [6.07, 6.45) is 3.48. The fourth-order valence-corrected chi connectivity index (χ4v) is 4.29. The lowest BCUT2D eigenvalue weighted by molar-refractivity contribution is 0.174. The van der Waals surface area contributed by atoms with E-state index in [2.05, 4.69) is 46.1 Å². The number of thiophene rings is 1. The summed E-state index contributed by atoms with van der Waals surface area (Å²) in [6.45, 7) is 4.81. The van der Waals surface area contributed by atoms with Crippen molar-refractivity contribution < 1.29 is 9.47 Å². The smallest absolute Gasteiger partial charge is 0.231 e. The Morgan fingerprint density at radius 3 is 2.83 bits per heavy atom. The van der Waals surface area contributed by atoms with Crippen molar-refractivity contribution in [3.05, 3.63) is 40.6 Å². The Labute approximate surface area is 147 Å². The molecule has 0 amide bonds. The molecule has 1 aromatic carbocycles. The van der Waals surface area contributed by atoms with Crippen molar-refractivity contribution in [3.8, 4) is 11.5 Å². The van der Waals surface area contributed by atoms with Crippen LogP contribution in [0.1, 0.15) is 25.3 Å². The highest BCUT2D eigenvalue weighted by molar-refractivity contribution is 7.07. The summed E-state index contributed by atoms with van der Waals surface area (Å²) in [4.78, 5) is 2.45. The van der Waals surface area contributed by atoms with E-state index in [1.165, 1.54) is 24.1 Å². The van der Waals surface area contributed by atoms with Crippen LogP contribution >= 0.6 is 11.3 Å². The molecule has 2 aromatic rings.